The molecule has 144 valence electrons. The number of rotatable bonds is 5. The summed E-state index contributed by atoms with van der Waals surface area (Å²) in [4.78, 5) is 47.7. The van der Waals surface area contributed by atoms with Crippen LogP contribution in [0.3, 0.4) is 0 Å². The van der Waals surface area contributed by atoms with Crippen molar-refractivity contribution in [3.8, 4) is 0 Å². The van der Waals surface area contributed by atoms with Crippen molar-refractivity contribution >= 4 is 45.7 Å². The number of hydrogen-bond acceptors (Lipinski definition) is 6. The van der Waals surface area contributed by atoms with Crippen LogP contribution in [0.5, 0.6) is 0 Å². The predicted molar refractivity (Wildman–Crippen MR) is 102 cm³/mol. The molecular formula is C18H22N4O4S. The van der Waals surface area contributed by atoms with Gasteiger partial charge >= 0.3 is 0 Å². The standard InChI is InChI=1S/C18H22N4O4S/c1-9(23)20-18-11(8-13(27-18)17(26)19-2)15(10-4-3-5-10)21-12-6-7-14(24)22-16(12)25/h8,12,21H,3-7H2,1-2H3,(H,19,26)(H,20,23)(H,22,24,25). The number of carbonyl (C=O) groups excluding carboxylic acids is 4. The van der Waals surface area contributed by atoms with Crippen LogP contribution in [-0.2, 0) is 14.4 Å². The van der Waals surface area contributed by atoms with E-state index in [1.54, 1.807) is 13.1 Å². The Morgan fingerprint density at radius 2 is 1.96 bits per heavy atom. The van der Waals surface area contributed by atoms with Gasteiger partial charge in [0.05, 0.1) is 4.88 Å². The first kappa shape index (κ1) is 19.1. The summed E-state index contributed by atoms with van der Waals surface area (Å²) in [7, 11) is 1.55. The minimum atomic E-state index is -0.528. The molecule has 4 amide bonds. The van der Waals surface area contributed by atoms with E-state index >= 15 is 0 Å². The van der Waals surface area contributed by atoms with Gasteiger partial charge in [0.15, 0.2) is 0 Å². The Hall–Kier alpha value is -2.68. The van der Waals surface area contributed by atoms with Gasteiger partial charge in [0, 0.05) is 31.7 Å². The van der Waals surface area contributed by atoms with Gasteiger partial charge in [-0.2, -0.15) is 0 Å². The molecule has 0 spiro atoms. The second-order valence-electron chi connectivity index (χ2n) is 6.59. The molecule has 1 aromatic rings. The highest BCUT2D eigenvalue weighted by molar-refractivity contribution is 7.18. The quantitative estimate of drug-likeness (QED) is 0.567. The first-order valence-electron chi connectivity index (χ1n) is 8.85. The van der Waals surface area contributed by atoms with Crippen molar-refractivity contribution in [1.29, 1.82) is 0 Å². The Kier molecular flexibility index (Phi) is 5.59. The third-order valence-electron chi connectivity index (χ3n) is 4.61. The van der Waals surface area contributed by atoms with Gasteiger partial charge < -0.3 is 16.0 Å². The number of thiophene rings is 1. The summed E-state index contributed by atoms with van der Waals surface area (Å²) in [5.74, 6) is -1.10. The molecular weight excluding hydrogens is 368 g/mol. The van der Waals surface area contributed by atoms with Crippen molar-refractivity contribution in [2.45, 2.75) is 45.1 Å². The highest BCUT2D eigenvalue weighted by atomic mass is 32.1. The van der Waals surface area contributed by atoms with Gasteiger partial charge in [0.2, 0.25) is 17.7 Å². The Balaban J connectivity index is 1.97. The third kappa shape index (κ3) is 4.19. The number of piperidine rings is 1. The molecule has 2 fully saturated rings. The first-order chi connectivity index (χ1) is 12.9. The van der Waals surface area contributed by atoms with Gasteiger partial charge in [-0.05, 0) is 37.3 Å². The molecule has 2 heterocycles. The van der Waals surface area contributed by atoms with Crippen molar-refractivity contribution in [2.24, 2.45) is 0 Å². The summed E-state index contributed by atoms with van der Waals surface area (Å²) < 4.78 is 0. The average Bonchev–Trinajstić information content (AvgIpc) is 2.97. The van der Waals surface area contributed by atoms with Crippen molar-refractivity contribution in [2.75, 3.05) is 12.4 Å². The van der Waals surface area contributed by atoms with E-state index in [1.165, 1.54) is 18.3 Å². The van der Waals surface area contributed by atoms with Crippen molar-refractivity contribution in [1.82, 2.24) is 16.0 Å². The Morgan fingerprint density at radius 1 is 1.22 bits per heavy atom. The van der Waals surface area contributed by atoms with E-state index in [0.29, 0.717) is 21.9 Å². The Bertz CT molecular complexity index is 836. The lowest BCUT2D eigenvalue weighted by Crippen LogP contribution is -2.50. The second-order valence-corrected chi connectivity index (χ2v) is 7.65. The van der Waals surface area contributed by atoms with E-state index in [-0.39, 0.29) is 30.0 Å². The van der Waals surface area contributed by atoms with Gasteiger partial charge in [-0.15, -0.1) is 11.3 Å². The molecule has 8 nitrogen and oxygen atoms in total. The van der Waals surface area contributed by atoms with Crippen LogP contribution in [0.2, 0.25) is 0 Å². The number of hydrogen-bond donors (Lipinski definition) is 4. The second kappa shape index (κ2) is 7.91. The maximum absolute atomic E-state index is 12.2. The molecule has 2 aliphatic rings. The highest BCUT2D eigenvalue weighted by Gasteiger charge is 2.30. The fraction of sp³-hybridized carbons (Fsp3) is 0.444. The molecule has 0 bridgehead atoms. The minimum absolute atomic E-state index is 0.236. The van der Waals surface area contributed by atoms with Crippen molar-refractivity contribution < 1.29 is 19.2 Å². The summed E-state index contributed by atoms with van der Waals surface area (Å²) in [5.41, 5.74) is 2.62. The maximum atomic E-state index is 12.2. The zero-order chi connectivity index (χ0) is 19.6. The molecule has 27 heavy (non-hydrogen) atoms. The van der Waals surface area contributed by atoms with E-state index < -0.39 is 6.04 Å². The number of allylic oxidation sites excluding steroid dienone is 1. The lowest BCUT2D eigenvalue weighted by Gasteiger charge is -2.29. The number of nitrogens with one attached hydrogen (secondary N) is 4. The van der Waals surface area contributed by atoms with Gasteiger partial charge in [-0.3, -0.25) is 24.5 Å². The van der Waals surface area contributed by atoms with Gasteiger partial charge in [0.1, 0.15) is 11.0 Å². The van der Waals surface area contributed by atoms with Crippen LogP contribution in [0.25, 0.3) is 5.70 Å². The monoisotopic (exact) mass is 390 g/mol. The average molecular weight is 390 g/mol. The SMILES string of the molecule is CNC(=O)c1cc(C(NC2CCC(=O)NC2=O)=C2CCC2)c(NC(C)=O)s1. The molecule has 1 unspecified atom stereocenters. The van der Waals surface area contributed by atoms with Crippen LogP contribution in [0.15, 0.2) is 11.6 Å². The molecule has 0 aromatic carbocycles. The van der Waals surface area contributed by atoms with Crippen LogP contribution < -0.4 is 21.3 Å². The number of imide groups is 1. The summed E-state index contributed by atoms with van der Waals surface area (Å²) in [6, 6.07) is 1.20. The first-order valence-corrected chi connectivity index (χ1v) is 9.66. The topological polar surface area (TPSA) is 116 Å². The zero-order valence-electron chi connectivity index (χ0n) is 15.2. The van der Waals surface area contributed by atoms with Crippen LogP contribution in [0, 0.1) is 0 Å². The summed E-state index contributed by atoms with van der Waals surface area (Å²) in [6.45, 7) is 1.41. The van der Waals surface area contributed by atoms with E-state index in [1.807, 2.05) is 0 Å². The summed E-state index contributed by atoms with van der Waals surface area (Å²) in [6.07, 6.45) is 3.51. The highest BCUT2D eigenvalue weighted by Crippen LogP contribution is 2.39. The maximum Gasteiger partial charge on any atom is 0.261 e. The summed E-state index contributed by atoms with van der Waals surface area (Å²) in [5, 5.41) is 11.5. The van der Waals surface area contributed by atoms with Crippen LogP contribution in [0.4, 0.5) is 5.00 Å². The smallest absolute Gasteiger partial charge is 0.261 e. The molecule has 9 heteroatoms. The molecule has 1 saturated heterocycles. The van der Waals surface area contributed by atoms with E-state index in [0.717, 1.165) is 30.5 Å². The molecule has 1 aliphatic heterocycles. The van der Waals surface area contributed by atoms with E-state index in [4.69, 9.17) is 0 Å². The lowest BCUT2D eigenvalue weighted by atomic mass is 9.88. The normalized spacial score (nSPS) is 19.0. The molecule has 1 atom stereocenters. The van der Waals surface area contributed by atoms with Crippen LogP contribution >= 0.6 is 11.3 Å². The van der Waals surface area contributed by atoms with Gasteiger partial charge in [0.25, 0.3) is 5.91 Å². The van der Waals surface area contributed by atoms with E-state index in [2.05, 4.69) is 21.3 Å². The third-order valence-corrected chi connectivity index (χ3v) is 5.66. The van der Waals surface area contributed by atoms with Crippen molar-refractivity contribution in [3.05, 3.63) is 22.1 Å². The Labute approximate surface area is 160 Å². The molecule has 1 aromatic heterocycles. The fourth-order valence-electron chi connectivity index (χ4n) is 3.04. The minimum Gasteiger partial charge on any atom is -0.373 e. The number of amides is 4. The number of anilines is 1. The molecule has 3 rings (SSSR count). The summed E-state index contributed by atoms with van der Waals surface area (Å²) >= 11 is 1.19. The van der Waals surface area contributed by atoms with E-state index in [9.17, 15) is 19.2 Å². The zero-order valence-corrected chi connectivity index (χ0v) is 16.0. The fourth-order valence-corrected chi connectivity index (χ4v) is 4.10. The van der Waals surface area contributed by atoms with Crippen LogP contribution in [-0.4, -0.2) is 36.7 Å². The van der Waals surface area contributed by atoms with Crippen molar-refractivity contribution in [3.63, 3.8) is 0 Å². The molecule has 4 N–H and O–H groups in total. The predicted octanol–water partition coefficient (Wildman–Crippen LogP) is 1.36. The largest absolute Gasteiger partial charge is 0.373 e. The van der Waals surface area contributed by atoms with Gasteiger partial charge in [-0.1, -0.05) is 0 Å². The molecule has 0 radical (unpaired) electrons. The van der Waals surface area contributed by atoms with Gasteiger partial charge in [-0.25, -0.2) is 0 Å². The Morgan fingerprint density at radius 3 is 2.52 bits per heavy atom. The molecule has 1 saturated carbocycles. The van der Waals surface area contributed by atoms with Crippen LogP contribution in [0.1, 0.15) is 54.3 Å². The number of carbonyl (C=O) groups is 4. The molecule has 1 aliphatic carbocycles. The lowest BCUT2D eigenvalue weighted by molar-refractivity contribution is -0.134.